The summed E-state index contributed by atoms with van der Waals surface area (Å²) in [6.07, 6.45) is 3.09. The number of amides is 1. The van der Waals surface area contributed by atoms with Gasteiger partial charge in [0.2, 0.25) is 0 Å². The van der Waals surface area contributed by atoms with Crippen LogP contribution in [0, 0.1) is 11.3 Å². The lowest BCUT2D eigenvalue weighted by atomic mass is 10.1. The molecule has 0 spiro atoms. The first-order valence-electron chi connectivity index (χ1n) is 9.33. The number of hydrogen-bond donors (Lipinski definition) is 0. The molecule has 1 aromatic heterocycles. The summed E-state index contributed by atoms with van der Waals surface area (Å²) in [5, 5.41) is 9.16. The molecule has 0 saturated carbocycles. The van der Waals surface area contributed by atoms with Crippen LogP contribution in [-0.2, 0) is 4.74 Å². The standard InChI is InChI=1S/C20H22N6O2/c1-24(17-13-26(14-17)19-18(12-21)22-6-7-23-19)20(27)15-2-4-16(5-3-15)25-8-10-28-11-9-25/h2-7,17H,8-11,13-14H2,1H3. The zero-order valence-corrected chi connectivity index (χ0v) is 15.8. The lowest BCUT2D eigenvalue weighted by Gasteiger charge is -2.44. The summed E-state index contributed by atoms with van der Waals surface area (Å²) in [5.41, 5.74) is 2.10. The molecule has 1 amide bonds. The number of ether oxygens (including phenoxy) is 1. The number of benzene rings is 1. The third-order valence-electron chi connectivity index (χ3n) is 5.31. The molecule has 0 N–H and O–H groups in total. The highest BCUT2D eigenvalue weighted by Gasteiger charge is 2.34. The normalized spacial score (nSPS) is 17.0. The molecule has 144 valence electrons. The van der Waals surface area contributed by atoms with E-state index in [2.05, 4.69) is 20.9 Å². The zero-order chi connectivity index (χ0) is 19.5. The van der Waals surface area contributed by atoms with Crippen LogP contribution in [0.3, 0.4) is 0 Å². The highest BCUT2D eigenvalue weighted by molar-refractivity contribution is 5.94. The Morgan fingerprint density at radius 3 is 2.50 bits per heavy atom. The van der Waals surface area contributed by atoms with E-state index in [1.165, 1.54) is 6.20 Å². The van der Waals surface area contributed by atoms with Gasteiger partial charge < -0.3 is 19.4 Å². The van der Waals surface area contributed by atoms with E-state index in [0.717, 1.165) is 32.0 Å². The van der Waals surface area contributed by atoms with Crippen molar-refractivity contribution in [2.45, 2.75) is 6.04 Å². The lowest BCUT2D eigenvalue weighted by Crippen LogP contribution is -2.60. The summed E-state index contributed by atoms with van der Waals surface area (Å²) in [6.45, 7) is 4.50. The number of nitrogens with zero attached hydrogens (tertiary/aromatic N) is 6. The van der Waals surface area contributed by atoms with Crippen molar-refractivity contribution in [3.05, 3.63) is 47.9 Å². The van der Waals surface area contributed by atoms with Crippen LogP contribution in [0.5, 0.6) is 0 Å². The van der Waals surface area contributed by atoms with E-state index < -0.39 is 0 Å². The van der Waals surface area contributed by atoms with Gasteiger partial charge in [-0.15, -0.1) is 0 Å². The lowest BCUT2D eigenvalue weighted by molar-refractivity contribution is 0.0705. The molecule has 3 heterocycles. The predicted octanol–water partition coefficient (Wildman–Crippen LogP) is 1.15. The van der Waals surface area contributed by atoms with Gasteiger partial charge in [-0.1, -0.05) is 0 Å². The van der Waals surface area contributed by atoms with Crippen LogP contribution in [0.1, 0.15) is 16.1 Å². The number of anilines is 2. The Balaban J connectivity index is 1.37. The van der Waals surface area contributed by atoms with Gasteiger partial charge in [0.05, 0.1) is 19.3 Å². The molecule has 0 atom stereocenters. The van der Waals surface area contributed by atoms with Crippen LogP contribution in [0.25, 0.3) is 0 Å². The second kappa shape index (κ2) is 7.82. The Labute approximate surface area is 164 Å². The molecule has 0 unspecified atom stereocenters. The molecular weight excluding hydrogens is 356 g/mol. The quantitative estimate of drug-likeness (QED) is 0.789. The number of morpholine rings is 1. The van der Waals surface area contributed by atoms with E-state index in [1.54, 1.807) is 11.1 Å². The minimum atomic E-state index is -0.00201. The molecule has 2 aliphatic rings. The fourth-order valence-electron chi connectivity index (χ4n) is 3.52. The van der Waals surface area contributed by atoms with Crippen LogP contribution in [0.4, 0.5) is 11.5 Å². The van der Waals surface area contributed by atoms with Crippen molar-refractivity contribution in [1.29, 1.82) is 5.26 Å². The molecule has 2 aromatic rings. The average molecular weight is 378 g/mol. The SMILES string of the molecule is CN(C(=O)c1ccc(N2CCOCC2)cc1)C1CN(c2nccnc2C#N)C1. The van der Waals surface area contributed by atoms with Crippen LogP contribution in [-0.4, -0.2) is 73.3 Å². The molecule has 0 radical (unpaired) electrons. The van der Waals surface area contributed by atoms with Crippen molar-refractivity contribution >= 4 is 17.4 Å². The second-order valence-electron chi connectivity index (χ2n) is 6.96. The number of aromatic nitrogens is 2. The molecular formula is C20H22N6O2. The molecule has 2 fully saturated rings. The monoisotopic (exact) mass is 378 g/mol. The Kier molecular flexibility index (Phi) is 5.08. The number of likely N-dealkylation sites (N-methyl/N-ethyl adjacent to an activating group) is 1. The molecule has 0 aliphatic carbocycles. The molecule has 2 saturated heterocycles. The van der Waals surface area contributed by atoms with Gasteiger partial charge >= 0.3 is 0 Å². The third-order valence-corrected chi connectivity index (χ3v) is 5.31. The van der Waals surface area contributed by atoms with Gasteiger partial charge in [-0.25, -0.2) is 9.97 Å². The van der Waals surface area contributed by atoms with Crippen molar-refractivity contribution in [1.82, 2.24) is 14.9 Å². The van der Waals surface area contributed by atoms with Crippen molar-refractivity contribution < 1.29 is 9.53 Å². The fraction of sp³-hybridized carbons (Fsp3) is 0.400. The number of carbonyl (C=O) groups excluding carboxylic acids is 1. The van der Waals surface area contributed by atoms with Crippen molar-refractivity contribution in [2.75, 3.05) is 56.2 Å². The Morgan fingerprint density at radius 1 is 1.14 bits per heavy atom. The van der Waals surface area contributed by atoms with E-state index >= 15 is 0 Å². The highest BCUT2D eigenvalue weighted by Crippen LogP contribution is 2.24. The summed E-state index contributed by atoms with van der Waals surface area (Å²) >= 11 is 0. The van der Waals surface area contributed by atoms with Crippen LogP contribution >= 0.6 is 0 Å². The smallest absolute Gasteiger partial charge is 0.253 e. The van der Waals surface area contributed by atoms with E-state index in [9.17, 15) is 4.79 Å². The summed E-state index contributed by atoms with van der Waals surface area (Å²) in [6, 6.07) is 9.91. The summed E-state index contributed by atoms with van der Waals surface area (Å²) in [5.74, 6) is 0.579. The molecule has 8 nitrogen and oxygen atoms in total. The Hall–Kier alpha value is -3.18. The van der Waals surface area contributed by atoms with Crippen LogP contribution < -0.4 is 9.80 Å². The number of nitriles is 1. The molecule has 2 aliphatic heterocycles. The van der Waals surface area contributed by atoms with E-state index in [-0.39, 0.29) is 11.9 Å². The maximum absolute atomic E-state index is 12.8. The van der Waals surface area contributed by atoms with Crippen molar-refractivity contribution in [2.24, 2.45) is 0 Å². The molecule has 1 aromatic carbocycles. The van der Waals surface area contributed by atoms with Crippen LogP contribution in [0.15, 0.2) is 36.7 Å². The first kappa shape index (κ1) is 18.2. The van der Waals surface area contributed by atoms with Gasteiger partial charge in [0.25, 0.3) is 5.91 Å². The maximum atomic E-state index is 12.8. The van der Waals surface area contributed by atoms with E-state index in [0.29, 0.717) is 30.2 Å². The van der Waals surface area contributed by atoms with Gasteiger partial charge in [-0.3, -0.25) is 4.79 Å². The number of hydrogen-bond acceptors (Lipinski definition) is 7. The largest absolute Gasteiger partial charge is 0.378 e. The molecule has 0 bridgehead atoms. The predicted molar refractivity (Wildman–Crippen MR) is 104 cm³/mol. The van der Waals surface area contributed by atoms with Gasteiger partial charge in [-0.2, -0.15) is 5.26 Å². The Bertz CT molecular complexity index is 882. The Morgan fingerprint density at radius 2 is 1.82 bits per heavy atom. The van der Waals surface area contributed by atoms with Crippen molar-refractivity contribution in [3.63, 3.8) is 0 Å². The number of rotatable bonds is 4. The second-order valence-corrected chi connectivity index (χ2v) is 6.96. The highest BCUT2D eigenvalue weighted by atomic mass is 16.5. The summed E-state index contributed by atoms with van der Waals surface area (Å²) in [4.78, 5) is 27.1. The molecule has 8 heteroatoms. The average Bonchev–Trinajstić information content (AvgIpc) is 2.73. The minimum absolute atomic E-state index is 0.00201. The van der Waals surface area contributed by atoms with Crippen molar-refractivity contribution in [3.8, 4) is 6.07 Å². The van der Waals surface area contributed by atoms with E-state index in [1.807, 2.05) is 36.2 Å². The van der Waals surface area contributed by atoms with Gasteiger partial charge in [0.1, 0.15) is 6.07 Å². The van der Waals surface area contributed by atoms with Gasteiger partial charge in [-0.05, 0) is 24.3 Å². The molecule has 4 rings (SSSR count). The van der Waals surface area contributed by atoms with Gasteiger partial charge in [0, 0.05) is 56.9 Å². The summed E-state index contributed by atoms with van der Waals surface area (Å²) in [7, 11) is 1.82. The first-order valence-corrected chi connectivity index (χ1v) is 9.33. The molecule has 28 heavy (non-hydrogen) atoms. The summed E-state index contributed by atoms with van der Waals surface area (Å²) < 4.78 is 5.38. The first-order chi connectivity index (χ1) is 13.7. The van der Waals surface area contributed by atoms with Crippen LogP contribution in [0.2, 0.25) is 0 Å². The maximum Gasteiger partial charge on any atom is 0.253 e. The fourth-order valence-corrected chi connectivity index (χ4v) is 3.52. The third kappa shape index (κ3) is 3.49. The van der Waals surface area contributed by atoms with E-state index in [4.69, 9.17) is 10.00 Å². The minimum Gasteiger partial charge on any atom is -0.378 e. The van der Waals surface area contributed by atoms with Gasteiger partial charge in [0.15, 0.2) is 11.5 Å². The topological polar surface area (TPSA) is 85.6 Å². The zero-order valence-electron chi connectivity index (χ0n) is 15.8. The number of carbonyl (C=O) groups is 1.